The quantitative estimate of drug-likeness (QED) is 0.367. The molecule has 0 bridgehead atoms. The predicted octanol–water partition coefficient (Wildman–Crippen LogP) is 4.02. The molecule has 0 aliphatic carbocycles. The number of fused-ring (bicyclic) bond motifs is 1. The highest BCUT2D eigenvalue weighted by Crippen LogP contribution is 2.31. The Labute approximate surface area is 205 Å². The lowest BCUT2D eigenvalue weighted by atomic mass is 9.96. The van der Waals surface area contributed by atoms with E-state index in [1.807, 2.05) is 42.5 Å². The van der Waals surface area contributed by atoms with Crippen molar-refractivity contribution in [1.82, 2.24) is 4.57 Å². The zero-order valence-corrected chi connectivity index (χ0v) is 20.4. The topological polar surface area (TPSA) is 69.9 Å². The van der Waals surface area contributed by atoms with Crippen LogP contribution < -0.4 is 19.6 Å². The fourth-order valence-corrected chi connectivity index (χ4v) is 4.89. The van der Waals surface area contributed by atoms with Gasteiger partial charge >= 0.3 is 5.97 Å². The minimum absolute atomic E-state index is 0.222. The minimum atomic E-state index is -0.663. The summed E-state index contributed by atoms with van der Waals surface area (Å²) in [6.45, 7) is 7.79. The zero-order chi connectivity index (χ0) is 24.2. The largest absolute Gasteiger partial charge is 0.490 e. The van der Waals surface area contributed by atoms with Gasteiger partial charge in [-0.1, -0.05) is 59.9 Å². The number of rotatable bonds is 7. The second-order valence-electron chi connectivity index (χ2n) is 7.52. The molecule has 4 rings (SSSR count). The third-order valence-electron chi connectivity index (χ3n) is 5.25. The van der Waals surface area contributed by atoms with Crippen molar-refractivity contribution in [2.45, 2.75) is 19.9 Å². The number of hydrogen-bond acceptors (Lipinski definition) is 6. The molecule has 0 saturated carbocycles. The molecule has 0 fully saturated rings. The maximum absolute atomic E-state index is 13.6. The second kappa shape index (κ2) is 10.2. The summed E-state index contributed by atoms with van der Waals surface area (Å²) in [5, 5.41) is 0.565. The molecule has 0 radical (unpaired) electrons. The Hall–Kier alpha value is -3.42. The first kappa shape index (κ1) is 23.7. The van der Waals surface area contributed by atoms with E-state index in [-0.39, 0.29) is 12.2 Å². The maximum Gasteiger partial charge on any atom is 0.338 e. The van der Waals surface area contributed by atoms with Crippen molar-refractivity contribution in [1.29, 1.82) is 0 Å². The summed E-state index contributed by atoms with van der Waals surface area (Å²) in [5.74, 6) is 0.226. The summed E-state index contributed by atoms with van der Waals surface area (Å²) in [4.78, 5) is 31.5. The first-order chi connectivity index (χ1) is 16.4. The average molecular weight is 495 g/mol. The van der Waals surface area contributed by atoms with E-state index >= 15 is 0 Å². The molecule has 174 valence electrons. The van der Waals surface area contributed by atoms with Gasteiger partial charge in [0.15, 0.2) is 4.80 Å². The molecular formula is C26H23ClN2O4S. The lowest BCUT2D eigenvalue weighted by Crippen LogP contribution is -2.39. The summed E-state index contributed by atoms with van der Waals surface area (Å²) < 4.78 is 12.9. The number of hydrogen-bond donors (Lipinski definition) is 0. The number of carbonyl (C=O) groups excluding carboxylic acids is 1. The van der Waals surface area contributed by atoms with Crippen LogP contribution in [0.25, 0.3) is 6.08 Å². The number of carbonyl (C=O) groups is 1. The summed E-state index contributed by atoms with van der Waals surface area (Å²) >= 11 is 7.36. The van der Waals surface area contributed by atoms with Gasteiger partial charge in [-0.15, -0.1) is 0 Å². The molecule has 0 unspecified atom stereocenters. The van der Waals surface area contributed by atoms with Crippen LogP contribution >= 0.6 is 22.9 Å². The Kier molecular flexibility index (Phi) is 7.14. The molecule has 6 nitrogen and oxygen atoms in total. The fourth-order valence-electron chi connectivity index (χ4n) is 3.72. The lowest BCUT2D eigenvalue weighted by Gasteiger charge is -2.24. The van der Waals surface area contributed by atoms with E-state index < -0.39 is 12.0 Å². The van der Waals surface area contributed by atoms with Crippen molar-refractivity contribution in [3.8, 4) is 5.75 Å². The molecule has 8 heteroatoms. The summed E-state index contributed by atoms with van der Waals surface area (Å²) in [6, 6.07) is 13.9. The van der Waals surface area contributed by atoms with E-state index in [9.17, 15) is 9.59 Å². The molecule has 1 aromatic heterocycles. The summed E-state index contributed by atoms with van der Waals surface area (Å²) in [5.41, 5.74) is 2.23. The fraction of sp³-hybridized carbons (Fsp3) is 0.192. The monoisotopic (exact) mass is 494 g/mol. The Balaban J connectivity index is 1.84. The first-order valence-electron chi connectivity index (χ1n) is 10.7. The van der Waals surface area contributed by atoms with Gasteiger partial charge in [0.1, 0.15) is 12.4 Å². The van der Waals surface area contributed by atoms with Crippen LogP contribution in [0.5, 0.6) is 5.75 Å². The summed E-state index contributed by atoms with van der Waals surface area (Å²) in [7, 11) is 0. The predicted molar refractivity (Wildman–Crippen MR) is 134 cm³/mol. The molecule has 0 spiro atoms. The van der Waals surface area contributed by atoms with Gasteiger partial charge in [-0.3, -0.25) is 9.36 Å². The number of nitrogens with zero attached hydrogens (tertiary/aromatic N) is 2. The molecule has 2 aromatic carbocycles. The molecule has 1 aliphatic rings. The smallest absolute Gasteiger partial charge is 0.338 e. The van der Waals surface area contributed by atoms with Crippen LogP contribution in [0.15, 0.2) is 82.2 Å². The molecule has 2 heterocycles. The van der Waals surface area contributed by atoms with Gasteiger partial charge < -0.3 is 9.47 Å². The molecule has 1 atom stereocenters. The molecule has 0 saturated heterocycles. The van der Waals surface area contributed by atoms with Gasteiger partial charge in [0.25, 0.3) is 5.56 Å². The SMILES string of the molecule is C=CCOc1ccc(/C=c2\sc3n(c2=O)[C@H](c2ccc(Cl)cc2)C(C(=O)OCC)=C(C)N=3)cc1. The van der Waals surface area contributed by atoms with Crippen LogP contribution in [-0.2, 0) is 9.53 Å². The van der Waals surface area contributed by atoms with Crippen LogP contribution in [0.4, 0.5) is 0 Å². The zero-order valence-electron chi connectivity index (χ0n) is 18.8. The van der Waals surface area contributed by atoms with E-state index in [4.69, 9.17) is 21.1 Å². The highest BCUT2D eigenvalue weighted by atomic mass is 35.5. The van der Waals surface area contributed by atoms with Crippen LogP contribution in [0.1, 0.15) is 31.0 Å². The van der Waals surface area contributed by atoms with Crippen molar-refractivity contribution in [2.75, 3.05) is 13.2 Å². The highest BCUT2D eigenvalue weighted by Gasteiger charge is 2.33. The van der Waals surface area contributed by atoms with E-state index in [0.717, 1.165) is 16.9 Å². The van der Waals surface area contributed by atoms with E-state index in [2.05, 4.69) is 11.6 Å². The Bertz CT molecular complexity index is 1430. The molecular weight excluding hydrogens is 472 g/mol. The maximum atomic E-state index is 13.6. The van der Waals surface area contributed by atoms with Crippen LogP contribution in [0.2, 0.25) is 5.02 Å². The lowest BCUT2D eigenvalue weighted by molar-refractivity contribution is -0.139. The van der Waals surface area contributed by atoms with Gasteiger partial charge in [-0.25, -0.2) is 9.79 Å². The normalized spacial score (nSPS) is 15.5. The number of benzene rings is 2. The van der Waals surface area contributed by atoms with Gasteiger partial charge in [0.2, 0.25) is 0 Å². The molecule has 3 aromatic rings. The van der Waals surface area contributed by atoms with E-state index in [1.54, 1.807) is 36.6 Å². The molecule has 0 N–H and O–H groups in total. The number of thiazole rings is 1. The van der Waals surface area contributed by atoms with Gasteiger partial charge in [-0.05, 0) is 55.3 Å². The first-order valence-corrected chi connectivity index (χ1v) is 11.9. The number of esters is 1. The van der Waals surface area contributed by atoms with E-state index in [0.29, 0.717) is 32.2 Å². The molecule has 34 heavy (non-hydrogen) atoms. The van der Waals surface area contributed by atoms with Crippen molar-refractivity contribution in [3.05, 3.63) is 108 Å². The standard InChI is InChI=1S/C26H23ClN2O4S/c1-4-14-33-20-12-6-17(7-13-20)15-21-24(30)29-23(18-8-10-19(27)11-9-18)22(25(31)32-5-2)16(3)28-26(29)34-21/h4,6-13,15,23H,1,5,14H2,2-3H3/b21-15-/t23-/m1/s1. The van der Waals surface area contributed by atoms with Crippen LogP contribution in [-0.4, -0.2) is 23.8 Å². The van der Waals surface area contributed by atoms with Gasteiger partial charge in [-0.2, -0.15) is 0 Å². The number of aromatic nitrogens is 1. The average Bonchev–Trinajstić information content (AvgIpc) is 3.12. The van der Waals surface area contributed by atoms with Crippen molar-refractivity contribution < 1.29 is 14.3 Å². The van der Waals surface area contributed by atoms with Gasteiger partial charge in [0.05, 0.1) is 28.5 Å². The third-order valence-corrected chi connectivity index (χ3v) is 6.48. The third kappa shape index (κ3) is 4.76. The Morgan fingerprint density at radius 2 is 1.91 bits per heavy atom. The summed E-state index contributed by atoms with van der Waals surface area (Å²) in [6.07, 6.45) is 3.49. The van der Waals surface area contributed by atoms with Gasteiger partial charge in [0, 0.05) is 5.02 Å². The second-order valence-corrected chi connectivity index (χ2v) is 8.97. The van der Waals surface area contributed by atoms with Crippen LogP contribution in [0, 0.1) is 0 Å². The number of ether oxygens (including phenoxy) is 2. The number of allylic oxidation sites excluding steroid dienone is 1. The molecule has 1 aliphatic heterocycles. The van der Waals surface area contributed by atoms with Crippen LogP contribution in [0.3, 0.4) is 0 Å². The number of halogens is 1. The molecule has 0 amide bonds. The van der Waals surface area contributed by atoms with Crippen molar-refractivity contribution >= 4 is 35.0 Å². The van der Waals surface area contributed by atoms with Crippen molar-refractivity contribution in [3.63, 3.8) is 0 Å². The highest BCUT2D eigenvalue weighted by molar-refractivity contribution is 7.07. The van der Waals surface area contributed by atoms with E-state index in [1.165, 1.54) is 11.3 Å². The Morgan fingerprint density at radius 1 is 1.21 bits per heavy atom. The Morgan fingerprint density at radius 3 is 2.56 bits per heavy atom. The minimum Gasteiger partial charge on any atom is -0.490 e. The van der Waals surface area contributed by atoms with Crippen molar-refractivity contribution in [2.24, 2.45) is 4.99 Å².